The maximum atomic E-state index is 5.21. The summed E-state index contributed by atoms with van der Waals surface area (Å²) in [5.74, 6) is 1.65. The van der Waals surface area contributed by atoms with Crippen molar-refractivity contribution in [2.45, 2.75) is 21.4 Å². The average Bonchev–Trinajstić information content (AvgIpc) is 3.39. The molecule has 0 aromatic heterocycles. The molecule has 0 bridgehead atoms. The lowest BCUT2D eigenvalue weighted by Gasteiger charge is -2.39. The van der Waals surface area contributed by atoms with E-state index < -0.39 is 5.41 Å². The van der Waals surface area contributed by atoms with Crippen LogP contribution in [0, 0.1) is 0 Å². The highest BCUT2D eigenvalue weighted by Gasteiger charge is 2.50. The quantitative estimate of drug-likeness (QED) is 0.226. The monoisotopic (exact) mass is 581 g/mol. The third-order valence-corrected chi connectivity index (χ3v) is 10.2. The van der Waals surface area contributed by atoms with E-state index in [0.717, 1.165) is 28.4 Å². The summed E-state index contributed by atoms with van der Waals surface area (Å²) < 4.78 is 0. The molecule has 2 aliphatic heterocycles. The smallest absolute Gasteiger partial charge is 0.169 e. The fourth-order valence-electron chi connectivity index (χ4n) is 7.12. The van der Waals surface area contributed by atoms with Gasteiger partial charge in [-0.05, 0) is 57.1 Å². The summed E-state index contributed by atoms with van der Waals surface area (Å²) in [7, 11) is 0. The van der Waals surface area contributed by atoms with Gasteiger partial charge in [0.05, 0.1) is 5.41 Å². The van der Waals surface area contributed by atoms with Gasteiger partial charge in [0.15, 0.2) is 6.17 Å². The molecule has 1 spiro atoms. The molecular weight excluding hydrogens is 555 g/mol. The van der Waals surface area contributed by atoms with Gasteiger partial charge in [-0.25, -0.2) is 9.98 Å². The lowest BCUT2D eigenvalue weighted by atomic mass is 9.67. The Labute approximate surface area is 261 Å². The Morgan fingerprint density at radius 1 is 0.477 bits per heavy atom. The van der Waals surface area contributed by atoms with E-state index in [-0.39, 0.29) is 6.17 Å². The summed E-state index contributed by atoms with van der Waals surface area (Å²) in [4.78, 5) is 12.9. The first-order chi connectivity index (χ1) is 21.8. The van der Waals surface area contributed by atoms with Gasteiger partial charge in [0, 0.05) is 20.9 Å². The molecule has 4 heteroatoms. The second-order valence-corrected chi connectivity index (χ2v) is 12.5. The summed E-state index contributed by atoms with van der Waals surface area (Å²) in [6.07, 6.45) is -0.338. The number of rotatable bonds is 3. The van der Waals surface area contributed by atoms with Gasteiger partial charge in [-0.15, -0.1) is 0 Å². The van der Waals surface area contributed by atoms with Crippen molar-refractivity contribution in [1.29, 1.82) is 0 Å². The molecule has 0 saturated heterocycles. The van der Waals surface area contributed by atoms with E-state index in [2.05, 4.69) is 145 Å². The molecule has 0 amide bonds. The fraction of sp³-hybridized carbons (Fsp3) is 0.0500. The predicted molar refractivity (Wildman–Crippen MR) is 180 cm³/mol. The Bertz CT molecular complexity index is 2090. The van der Waals surface area contributed by atoms with Gasteiger partial charge in [0.2, 0.25) is 0 Å². The van der Waals surface area contributed by atoms with Crippen molar-refractivity contribution in [2.24, 2.45) is 9.98 Å². The van der Waals surface area contributed by atoms with Gasteiger partial charge in [-0.1, -0.05) is 145 Å². The average molecular weight is 582 g/mol. The van der Waals surface area contributed by atoms with E-state index in [1.54, 1.807) is 0 Å². The number of benzene rings is 6. The van der Waals surface area contributed by atoms with Crippen LogP contribution < -0.4 is 5.32 Å². The molecule has 1 N–H and O–H groups in total. The van der Waals surface area contributed by atoms with Crippen molar-refractivity contribution in [2.75, 3.05) is 0 Å². The zero-order chi connectivity index (χ0) is 29.1. The first-order valence-corrected chi connectivity index (χ1v) is 15.8. The summed E-state index contributed by atoms with van der Waals surface area (Å²) in [6.45, 7) is 0. The van der Waals surface area contributed by atoms with Crippen molar-refractivity contribution < 1.29 is 0 Å². The zero-order valence-electron chi connectivity index (χ0n) is 23.8. The number of hydrogen-bond acceptors (Lipinski definition) is 4. The lowest BCUT2D eigenvalue weighted by molar-refractivity contribution is 0.721. The van der Waals surface area contributed by atoms with E-state index in [0.29, 0.717) is 0 Å². The number of fused-ring (bicyclic) bond motifs is 9. The van der Waals surface area contributed by atoms with Gasteiger partial charge in [0.1, 0.15) is 11.7 Å². The van der Waals surface area contributed by atoms with Crippen molar-refractivity contribution in [3.8, 4) is 11.1 Å². The minimum Gasteiger partial charge on any atom is -0.324 e. The third kappa shape index (κ3) is 3.71. The highest BCUT2D eigenvalue weighted by molar-refractivity contribution is 7.99. The van der Waals surface area contributed by atoms with Gasteiger partial charge in [-0.3, -0.25) is 0 Å². The Balaban J connectivity index is 1.28. The second kappa shape index (κ2) is 9.94. The Kier molecular flexibility index (Phi) is 5.72. The second-order valence-electron chi connectivity index (χ2n) is 11.4. The Morgan fingerprint density at radius 2 is 1.02 bits per heavy atom. The third-order valence-electron chi connectivity index (χ3n) is 9.00. The van der Waals surface area contributed by atoms with E-state index in [1.165, 1.54) is 43.2 Å². The first kappa shape index (κ1) is 25.3. The number of aliphatic imine (C=N–C) groups is 2. The minimum absolute atomic E-state index is 0.338. The van der Waals surface area contributed by atoms with E-state index in [9.17, 15) is 0 Å². The van der Waals surface area contributed by atoms with Crippen molar-refractivity contribution in [3.05, 3.63) is 191 Å². The molecule has 1 unspecified atom stereocenters. The maximum absolute atomic E-state index is 5.21. The molecule has 0 saturated carbocycles. The molecule has 3 nitrogen and oxygen atoms in total. The molecule has 3 aliphatic rings. The van der Waals surface area contributed by atoms with E-state index in [4.69, 9.17) is 9.98 Å². The van der Waals surface area contributed by atoms with Crippen LogP contribution in [0.4, 0.5) is 0 Å². The highest BCUT2D eigenvalue weighted by Crippen LogP contribution is 2.62. The fourth-order valence-corrected chi connectivity index (χ4v) is 8.31. The largest absolute Gasteiger partial charge is 0.324 e. The molecule has 1 aliphatic carbocycles. The van der Waals surface area contributed by atoms with E-state index >= 15 is 0 Å². The Hall–Kier alpha value is -5.19. The topological polar surface area (TPSA) is 36.8 Å². The van der Waals surface area contributed by atoms with Gasteiger partial charge < -0.3 is 5.32 Å². The van der Waals surface area contributed by atoms with Crippen molar-refractivity contribution in [3.63, 3.8) is 0 Å². The van der Waals surface area contributed by atoms with Crippen molar-refractivity contribution in [1.82, 2.24) is 5.32 Å². The Morgan fingerprint density at radius 3 is 1.73 bits per heavy atom. The molecular formula is C40H27N3S. The number of nitrogens with one attached hydrogen (secondary N) is 1. The molecule has 1 atom stereocenters. The first-order valence-electron chi connectivity index (χ1n) is 15.0. The number of nitrogens with zero attached hydrogens (tertiary/aromatic N) is 2. The standard InChI is InChI=1S/C40H27N3S/c1-3-13-26(14-4-1)37-41-38(27-15-5-2-6-16-27)43-39(42-37)28-23-24-30-29-17-7-8-18-31(29)40(34(30)25-28)32-19-9-11-21-35(32)44-36-22-12-10-20-33(36)40/h1-25,37H,(H,41,42,43). The maximum Gasteiger partial charge on any atom is 0.169 e. The predicted octanol–water partition coefficient (Wildman–Crippen LogP) is 9.01. The van der Waals surface area contributed by atoms with Gasteiger partial charge in [0.25, 0.3) is 0 Å². The van der Waals surface area contributed by atoms with E-state index in [1.807, 2.05) is 23.9 Å². The van der Waals surface area contributed by atoms with Crippen LogP contribution in [0.2, 0.25) is 0 Å². The van der Waals surface area contributed by atoms with Crippen LogP contribution in [-0.4, -0.2) is 11.7 Å². The summed E-state index contributed by atoms with van der Waals surface area (Å²) in [5, 5.41) is 3.62. The van der Waals surface area contributed by atoms with Gasteiger partial charge in [-0.2, -0.15) is 0 Å². The SMILES string of the molecule is c1ccc(C2=NC(c3ccccc3)N=C(c3ccc4c(c3)C3(c5ccccc5Sc5ccccc53)c3ccccc3-4)N2)cc1. The molecule has 2 heterocycles. The molecule has 9 rings (SSSR count). The van der Waals surface area contributed by atoms with Crippen molar-refractivity contribution >= 4 is 23.4 Å². The molecule has 6 aromatic rings. The van der Waals surface area contributed by atoms with Crippen LogP contribution in [0.3, 0.4) is 0 Å². The molecule has 208 valence electrons. The van der Waals surface area contributed by atoms with Gasteiger partial charge >= 0.3 is 0 Å². The van der Waals surface area contributed by atoms with Crippen LogP contribution in [0.5, 0.6) is 0 Å². The summed E-state index contributed by atoms with van der Waals surface area (Å²) in [6, 6.07) is 54.3. The van der Waals surface area contributed by atoms with Crippen LogP contribution in [-0.2, 0) is 5.41 Å². The molecule has 44 heavy (non-hydrogen) atoms. The molecule has 0 fully saturated rings. The lowest BCUT2D eigenvalue weighted by Crippen LogP contribution is -2.36. The molecule has 6 aromatic carbocycles. The zero-order valence-corrected chi connectivity index (χ0v) is 24.6. The number of hydrogen-bond donors (Lipinski definition) is 1. The molecule has 0 radical (unpaired) electrons. The number of amidine groups is 2. The summed E-state index contributed by atoms with van der Waals surface area (Å²) in [5.41, 5.74) is 10.6. The van der Waals surface area contributed by atoms with Crippen LogP contribution in [0.1, 0.15) is 45.1 Å². The van der Waals surface area contributed by atoms with Crippen LogP contribution >= 0.6 is 11.8 Å². The summed E-state index contributed by atoms with van der Waals surface area (Å²) >= 11 is 1.87. The minimum atomic E-state index is -0.426. The highest BCUT2D eigenvalue weighted by atomic mass is 32.2. The normalized spacial score (nSPS) is 17.0. The van der Waals surface area contributed by atoms with Crippen LogP contribution in [0.15, 0.2) is 171 Å². The van der Waals surface area contributed by atoms with Crippen LogP contribution in [0.25, 0.3) is 11.1 Å².